The summed E-state index contributed by atoms with van der Waals surface area (Å²) in [6.07, 6.45) is -0.360. The molecule has 7 heteroatoms. The van der Waals surface area contributed by atoms with Gasteiger partial charge >= 0.3 is 0 Å². The van der Waals surface area contributed by atoms with Crippen LogP contribution in [0.25, 0.3) is 22.0 Å². The Morgan fingerprint density at radius 1 is 1.20 bits per heavy atom. The van der Waals surface area contributed by atoms with Crippen LogP contribution in [0.1, 0.15) is 22.2 Å². The lowest BCUT2D eigenvalue weighted by Gasteiger charge is -2.13. The Bertz CT molecular complexity index is 1010. The van der Waals surface area contributed by atoms with Gasteiger partial charge in [-0.15, -0.1) is 0 Å². The quantitative estimate of drug-likeness (QED) is 0.594. The predicted octanol–water partition coefficient (Wildman–Crippen LogP) is 3.56. The second-order valence-electron chi connectivity index (χ2n) is 5.59. The van der Waals surface area contributed by atoms with E-state index in [-0.39, 0.29) is 12.0 Å². The first-order valence-corrected chi connectivity index (χ1v) is 8.49. The van der Waals surface area contributed by atoms with Crippen molar-refractivity contribution in [1.29, 1.82) is 0 Å². The number of para-hydroxylation sites is 1. The Kier molecular flexibility index (Phi) is 4.17. The van der Waals surface area contributed by atoms with Crippen LogP contribution in [-0.4, -0.2) is 28.3 Å². The first kappa shape index (κ1) is 15.7. The molecule has 2 heterocycles. The SMILES string of the molecule is COC(CNC(=O)c1ccc2nsnc2c1)c1cc2ccccc2o1. The lowest BCUT2D eigenvalue weighted by Crippen LogP contribution is -2.29. The molecule has 4 rings (SSSR count). The van der Waals surface area contributed by atoms with Crippen molar-refractivity contribution in [3.8, 4) is 0 Å². The molecule has 2 aromatic heterocycles. The zero-order chi connectivity index (χ0) is 17.2. The molecule has 126 valence electrons. The van der Waals surface area contributed by atoms with E-state index < -0.39 is 0 Å². The van der Waals surface area contributed by atoms with E-state index in [2.05, 4.69) is 14.1 Å². The molecule has 1 amide bonds. The van der Waals surface area contributed by atoms with Crippen molar-refractivity contribution in [2.75, 3.05) is 13.7 Å². The number of aromatic nitrogens is 2. The van der Waals surface area contributed by atoms with Crippen molar-refractivity contribution in [3.63, 3.8) is 0 Å². The molecule has 1 unspecified atom stereocenters. The molecule has 2 aromatic carbocycles. The summed E-state index contributed by atoms with van der Waals surface area (Å²) in [5.41, 5.74) is 2.85. The summed E-state index contributed by atoms with van der Waals surface area (Å²) in [5.74, 6) is 0.496. The highest BCUT2D eigenvalue weighted by atomic mass is 32.1. The van der Waals surface area contributed by atoms with Crippen LogP contribution < -0.4 is 5.32 Å². The molecular formula is C18H15N3O3S. The minimum Gasteiger partial charge on any atom is -0.458 e. The van der Waals surface area contributed by atoms with Crippen molar-refractivity contribution in [2.24, 2.45) is 0 Å². The van der Waals surface area contributed by atoms with E-state index in [0.717, 1.165) is 33.7 Å². The van der Waals surface area contributed by atoms with Gasteiger partial charge in [0.05, 0.1) is 18.3 Å². The van der Waals surface area contributed by atoms with Gasteiger partial charge in [0, 0.05) is 18.1 Å². The number of rotatable bonds is 5. The van der Waals surface area contributed by atoms with Crippen LogP contribution >= 0.6 is 11.7 Å². The summed E-state index contributed by atoms with van der Waals surface area (Å²) in [4.78, 5) is 12.4. The number of ether oxygens (including phenoxy) is 1. The third kappa shape index (κ3) is 3.11. The summed E-state index contributed by atoms with van der Waals surface area (Å²) in [6, 6.07) is 15.0. The number of nitrogens with zero attached hydrogens (tertiary/aromatic N) is 2. The van der Waals surface area contributed by atoms with E-state index in [1.54, 1.807) is 25.3 Å². The van der Waals surface area contributed by atoms with Gasteiger partial charge in [-0.1, -0.05) is 18.2 Å². The van der Waals surface area contributed by atoms with Crippen LogP contribution in [0.15, 0.2) is 52.9 Å². The molecule has 0 saturated carbocycles. The van der Waals surface area contributed by atoms with Crippen LogP contribution in [0.2, 0.25) is 0 Å². The van der Waals surface area contributed by atoms with Crippen molar-refractivity contribution in [3.05, 3.63) is 59.9 Å². The smallest absolute Gasteiger partial charge is 0.251 e. The van der Waals surface area contributed by atoms with E-state index in [1.807, 2.05) is 30.3 Å². The first-order valence-electron chi connectivity index (χ1n) is 7.76. The number of nitrogens with one attached hydrogen (secondary N) is 1. The maximum atomic E-state index is 12.4. The van der Waals surface area contributed by atoms with E-state index in [0.29, 0.717) is 17.9 Å². The summed E-state index contributed by atoms with van der Waals surface area (Å²) >= 11 is 1.13. The van der Waals surface area contributed by atoms with Gasteiger partial charge in [-0.05, 0) is 30.3 Å². The van der Waals surface area contributed by atoms with Crippen LogP contribution in [0, 0.1) is 0 Å². The highest BCUT2D eigenvalue weighted by molar-refractivity contribution is 7.00. The molecule has 0 fully saturated rings. The van der Waals surface area contributed by atoms with E-state index in [4.69, 9.17) is 9.15 Å². The first-order chi connectivity index (χ1) is 12.2. The zero-order valence-corrected chi connectivity index (χ0v) is 14.2. The normalized spacial score (nSPS) is 12.5. The van der Waals surface area contributed by atoms with Crippen molar-refractivity contribution >= 4 is 39.6 Å². The van der Waals surface area contributed by atoms with Gasteiger partial charge in [-0.3, -0.25) is 4.79 Å². The topological polar surface area (TPSA) is 77.2 Å². The van der Waals surface area contributed by atoms with Crippen molar-refractivity contribution < 1.29 is 13.9 Å². The molecule has 1 N–H and O–H groups in total. The van der Waals surface area contributed by atoms with Crippen LogP contribution in [0.5, 0.6) is 0 Å². The molecule has 25 heavy (non-hydrogen) atoms. The number of furan rings is 1. The average molecular weight is 353 g/mol. The van der Waals surface area contributed by atoms with Gasteiger partial charge in [0.25, 0.3) is 5.91 Å². The van der Waals surface area contributed by atoms with Gasteiger partial charge in [-0.2, -0.15) is 8.75 Å². The lowest BCUT2D eigenvalue weighted by molar-refractivity contribution is 0.0747. The fourth-order valence-electron chi connectivity index (χ4n) is 2.67. The molecule has 0 aliphatic heterocycles. The maximum Gasteiger partial charge on any atom is 0.251 e. The third-order valence-electron chi connectivity index (χ3n) is 4.01. The third-order valence-corrected chi connectivity index (χ3v) is 4.57. The van der Waals surface area contributed by atoms with Crippen LogP contribution in [0.3, 0.4) is 0 Å². The number of carbonyl (C=O) groups is 1. The predicted molar refractivity (Wildman–Crippen MR) is 95.7 cm³/mol. The van der Waals surface area contributed by atoms with Gasteiger partial charge in [0.15, 0.2) is 0 Å². The van der Waals surface area contributed by atoms with Gasteiger partial charge in [-0.25, -0.2) is 0 Å². The average Bonchev–Trinajstić information content (AvgIpc) is 3.27. The van der Waals surface area contributed by atoms with Gasteiger partial charge in [0.2, 0.25) is 0 Å². The number of benzene rings is 2. The number of carbonyl (C=O) groups excluding carboxylic acids is 1. The molecule has 0 aliphatic rings. The lowest BCUT2D eigenvalue weighted by atomic mass is 10.1. The van der Waals surface area contributed by atoms with Gasteiger partial charge < -0.3 is 14.5 Å². The minimum atomic E-state index is -0.360. The molecule has 0 saturated heterocycles. The summed E-state index contributed by atoms with van der Waals surface area (Å²) in [5, 5.41) is 3.89. The van der Waals surface area contributed by atoms with Crippen LogP contribution in [0.4, 0.5) is 0 Å². The highest BCUT2D eigenvalue weighted by Gasteiger charge is 2.17. The maximum absolute atomic E-state index is 12.4. The number of hydrogen-bond acceptors (Lipinski definition) is 6. The van der Waals surface area contributed by atoms with Crippen molar-refractivity contribution in [1.82, 2.24) is 14.1 Å². The fourth-order valence-corrected chi connectivity index (χ4v) is 3.19. The monoisotopic (exact) mass is 353 g/mol. The van der Waals surface area contributed by atoms with E-state index in [9.17, 15) is 4.79 Å². The molecule has 4 aromatic rings. The highest BCUT2D eigenvalue weighted by Crippen LogP contribution is 2.25. The number of methoxy groups -OCH3 is 1. The van der Waals surface area contributed by atoms with E-state index in [1.165, 1.54) is 0 Å². The standard InChI is InChI=1S/C18H15N3O3S/c1-23-17(16-9-11-4-2-3-5-15(11)24-16)10-19-18(22)12-6-7-13-14(8-12)21-25-20-13/h2-9,17H,10H2,1H3,(H,19,22). The molecule has 0 radical (unpaired) electrons. The largest absolute Gasteiger partial charge is 0.458 e. The Morgan fingerprint density at radius 2 is 2.04 bits per heavy atom. The molecule has 0 spiro atoms. The summed E-state index contributed by atoms with van der Waals surface area (Å²) in [7, 11) is 1.59. The number of fused-ring (bicyclic) bond motifs is 2. The molecule has 0 bridgehead atoms. The minimum absolute atomic E-state index is 0.187. The second-order valence-corrected chi connectivity index (χ2v) is 6.12. The molecule has 1 atom stereocenters. The molecule has 6 nitrogen and oxygen atoms in total. The zero-order valence-electron chi connectivity index (χ0n) is 13.4. The Hall–Kier alpha value is -2.77. The van der Waals surface area contributed by atoms with E-state index >= 15 is 0 Å². The van der Waals surface area contributed by atoms with Crippen LogP contribution in [-0.2, 0) is 4.74 Å². The Balaban J connectivity index is 1.48. The Morgan fingerprint density at radius 3 is 2.88 bits per heavy atom. The second kappa shape index (κ2) is 6.62. The van der Waals surface area contributed by atoms with Gasteiger partial charge in [0.1, 0.15) is 28.5 Å². The summed E-state index contributed by atoms with van der Waals surface area (Å²) < 4.78 is 19.6. The van der Waals surface area contributed by atoms with Crippen molar-refractivity contribution in [2.45, 2.75) is 6.10 Å². The summed E-state index contributed by atoms with van der Waals surface area (Å²) in [6.45, 7) is 0.308. The fraction of sp³-hybridized carbons (Fsp3) is 0.167. The number of amides is 1. The number of hydrogen-bond donors (Lipinski definition) is 1. The molecular weight excluding hydrogens is 338 g/mol. The Labute approximate surface area is 147 Å². The molecule has 0 aliphatic carbocycles.